The van der Waals surface area contributed by atoms with E-state index in [1.54, 1.807) is 18.2 Å². The number of benzene rings is 1. The van der Waals surface area contributed by atoms with Gasteiger partial charge >= 0.3 is 5.97 Å². The van der Waals surface area contributed by atoms with Gasteiger partial charge in [-0.2, -0.15) is 4.98 Å². The van der Waals surface area contributed by atoms with Gasteiger partial charge in [0.15, 0.2) is 10.0 Å². The number of thiazole rings is 1. The van der Waals surface area contributed by atoms with E-state index in [0.717, 1.165) is 11.3 Å². The van der Waals surface area contributed by atoms with Gasteiger partial charge in [-0.1, -0.05) is 34.5 Å². The van der Waals surface area contributed by atoms with Crippen molar-refractivity contribution in [3.63, 3.8) is 0 Å². The van der Waals surface area contributed by atoms with E-state index in [0.29, 0.717) is 15.2 Å². The maximum Gasteiger partial charge on any atom is 0.349 e. The molecular weight excluding hydrogens is 365 g/mol. The zero-order chi connectivity index (χ0) is 13.3. The quantitative estimate of drug-likeness (QED) is 0.852. The third-order valence-electron chi connectivity index (χ3n) is 1.85. The molecule has 18 heavy (non-hydrogen) atoms. The van der Waals surface area contributed by atoms with E-state index in [4.69, 9.17) is 33.0 Å². The van der Waals surface area contributed by atoms with Crippen molar-refractivity contribution in [2.24, 2.45) is 0 Å². The van der Waals surface area contributed by atoms with Gasteiger partial charge < -0.3 is 9.84 Å². The van der Waals surface area contributed by atoms with Crippen molar-refractivity contribution in [3.05, 3.63) is 37.7 Å². The first-order valence-corrected chi connectivity index (χ1v) is 6.86. The fraction of sp³-hybridized carbons (Fsp3) is 0. The van der Waals surface area contributed by atoms with Crippen LogP contribution in [-0.2, 0) is 0 Å². The molecule has 2 rings (SSSR count). The number of ether oxygens (including phenoxy) is 1. The highest BCUT2D eigenvalue weighted by atomic mass is 79.9. The molecule has 0 aliphatic carbocycles. The Morgan fingerprint density at radius 3 is 2.72 bits per heavy atom. The lowest BCUT2D eigenvalue weighted by molar-refractivity contribution is 0.0702. The van der Waals surface area contributed by atoms with Crippen molar-refractivity contribution in [2.45, 2.75) is 0 Å². The molecule has 0 amide bonds. The normalized spacial score (nSPS) is 10.4. The number of carboxylic acids is 1. The molecule has 0 radical (unpaired) electrons. The summed E-state index contributed by atoms with van der Waals surface area (Å²) in [7, 11) is 0. The number of aromatic nitrogens is 1. The molecule has 0 fully saturated rings. The van der Waals surface area contributed by atoms with Gasteiger partial charge in [0.1, 0.15) is 5.75 Å². The minimum Gasteiger partial charge on any atom is -0.477 e. The van der Waals surface area contributed by atoms with Gasteiger partial charge in [-0.25, -0.2) is 4.79 Å². The average Bonchev–Trinajstić information content (AvgIpc) is 2.64. The average molecular weight is 369 g/mol. The van der Waals surface area contributed by atoms with Crippen molar-refractivity contribution in [3.8, 4) is 10.9 Å². The van der Waals surface area contributed by atoms with Gasteiger partial charge in [0.25, 0.3) is 5.19 Å². The first-order chi connectivity index (χ1) is 8.47. The highest BCUT2D eigenvalue weighted by Crippen LogP contribution is 2.36. The van der Waals surface area contributed by atoms with E-state index in [1.165, 1.54) is 0 Å². The highest BCUT2D eigenvalue weighted by molar-refractivity contribution is 9.10. The van der Waals surface area contributed by atoms with Gasteiger partial charge in [-0.05, 0) is 34.1 Å². The van der Waals surface area contributed by atoms with Gasteiger partial charge in [0.05, 0.1) is 4.47 Å². The lowest BCUT2D eigenvalue weighted by Crippen LogP contribution is -1.91. The third kappa shape index (κ3) is 2.95. The molecule has 1 N–H and O–H groups in total. The van der Waals surface area contributed by atoms with Crippen LogP contribution in [0.1, 0.15) is 9.67 Å². The Hall–Kier alpha value is -0.820. The number of hydrogen-bond donors (Lipinski definition) is 1. The van der Waals surface area contributed by atoms with Crippen molar-refractivity contribution in [1.29, 1.82) is 0 Å². The van der Waals surface area contributed by atoms with Crippen LogP contribution >= 0.6 is 50.5 Å². The summed E-state index contributed by atoms with van der Waals surface area (Å²) in [6, 6.07) is 4.95. The number of carbonyl (C=O) groups is 1. The Morgan fingerprint density at radius 1 is 1.44 bits per heavy atom. The largest absolute Gasteiger partial charge is 0.477 e. The first-order valence-electron chi connectivity index (χ1n) is 4.50. The predicted octanol–water partition coefficient (Wildman–Crippen LogP) is 4.70. The van der Waals surface area contributed by atoms with Crippen molar-refractivity contribution >= 4 is 56.4 Å². The molecule has 0 bridgehead atoms. The fourth-order valence-electron chi connectivity index (χ4n) is 1.11. The van der Waals surface area contributed by atoms with Gasteiger partial charge in [-0.3, -0.25) is 0 Å². The second-order valence-corrected chi connectivity index (χ2v) is 5.69. The Morgan fingerprint density at radius 2 is 2.17 bits per heavy atom. The zero-order valence-electron chi connectivity index (χ0n) is 8.49. The van der Waals surface area contributed by atoms with Gasteiger partial charge in [0.2, 0.25) is 0 Å². The summed E-state index contributed by atoms with van der Waals surface area (Å²) in [5, 5.41) is 9.46. The minimum absolute atomic E-state index is 0.0586. The Labute approximate surface area is 124 Å². The smallest absolute Gasteiger partial charge is 0.349 e. The van der Waals surface area contributed by atoms with Crippen LogP contribution in [0.3, 0.4) is 0 Å². The van der Waals surface area contributed by atoms with E-state index >= 15 is 0 Å². The van der Waals surface area contributed by atoms with Crippen molar-refractivity contribution in [2.75, 3.05) is 0 Å². The van der Waals surface area contributed by atoms with Crippen LogP contribution < -0.4 is 4.74 Å². The summed E-state index contributed by atoms with van der Waals surface area (Å²) in [6.07, 6.45) is 0. The molecule has 0 atom stereocenters. The molecule has 0 aliphatic heterocycles. The number of nitrogens with zero attached hydrogens (tertiary/aromatic N) is 1. The molecule has 0 saturated carbocycles. The molecule has 0 spiro atoms. The van der Waals surface area contributed by atoms with E-state index in [2.05, 4.69) is 20.9 Å². The first kappa shape index (κ1) is 13.6. The van der Waals surface area contributed by atoms with Crippen LogP contribution in [0, 0.1) is 0 Å². The van der Waals surface area contributed by atoms with E-state index < -0.39 is 5.97 Å². The van der Waals surface area contributed by atoms with Crippen LogP contribution in [0.2, 0.25) is 10.2 Å². The summed E-state index contributed by atoms with van der Waals surface area (Å²) in [5.41, 5.74) is 0. The molecule has 2 aromatic rings. The summed E-state index contributed by atoms with van der Waals surface area (Å²) >= 11 is 15.6. The van der Waals surface area contributed by atoms with Crippen LogP contribution in [0.4, 0.5) is 0 Å². The van der Waals surface area contributed by atoms with Gasteiger partial charge in [-0.15, -0.1) is 0 Å². The number of rotatable bonds is 3. The molecule has 0 aliphatic rings. The van der Waals surface area contributed by atoms with Crippen LogP contribution in [0.15, 0.2) is 22.7 Å². The van der Waals surface area contributed by atoms with E-state index in [9.17, 15) is 4.79 Å². The Kier molecular flexibility index (Phi) is 4.11. The summed E-state index contributed by atoms with van der Waals surface area (Å²) in [6.45, 7) is 0. The minimum atomic E-state index is -1.14. The monoisotopic (exact) mass is 367 g/mol. The number of aromatic carboxylic acids is 1. The molecule has 0 unspecified atom stereocenters. The maximum absolute atomic E-state index is 10.8. The molecule has 1 heterocycles. The lowest BCUT2D eigenvalue weighted by atomic mass is 10.3. The molecule has 94 valence electrons. The molecular formula is C10H4BrCl2NO3S. The number of halogens is 3. The van der Waals surface area contributed by atoms with Crippen molar-refractivity contribution in [1.82, 2.24) is 4.98 Å². The fourth-order valence-corrected chi connectivity index (χ4v) is 2.86. The number of carboxylic acid groups (broad SMARTS) is 1. The standard InChI is InChI=1S/C10H4BrCl2NO3S/c11-5-3-4(12)1-2-6(5)17-10-14-8(13)7(18-10)9(15)16/h1-3H,(H,15,16). The molecule has 1 aromatic carbocycles. The SMILES string of the molecule is O=C(O)c1sc(Oc2ccc(Cl)cc2Br)nc1Cl. The summed E-state index contributed by atoms with van der Waals surface area (Å²) in [4.78, 5) is 14.6. The van der Waals surface area contributed by atoms with Crippen molar-refractivity contribution < 1.29 is 14.6 Å². The van der Waals surface area contributed by atoms with Gasteiger partial charge in [0, 0.05) is 5.02 Å². The maximum atomic E-state index is 10.8. The summed E-state index contributed by atoms with van der Waals surface area (Å²) < 4.78 is 6.07. The Balaban J connectivity index is 2.29. The second kappa shape index (κ2) is 5.44. The molecule has 4 nitrogen and oxygen atoms in total. The molecule has 0 saturated heterocycles. The second-order valence-electron chi connectivity index (χ2n) is 3.08. The third-order valence-corrected chi connectivity index (χ3v) is 4.01. The predicted molar refractivity (Wildman–Crippen MR) is 73.3 cm³/mol. The lowest BCUT2D eigenvalue weighted by Gasteiger charge is -2.03. The van der Waals surface area contributed by atoms with Crippen LogP contribution in [-0.4, -0.2) is 16.1 Å². The topological polar surface area (TPSA) is 59.4 Å². The Bertz CT molecular complexity index is 617. The zero-order valence-corrected chi connectivity index (χ0v) is 12.4. The summed E-state index contributed by atoms with van der Waals surface area (Å²) in [5.74, 6) is -0.663. The molecule has 8 heteroatoms. The molecule has 1 aromatic heterocycles. The van der Waals surface area contributed by atoms with E-state index in [1.807, 2.05) is 0 Å². The number of hydrogen-bond acceptors (Lipinski definition) is 4. The highest BCUT2D eigenvalue weighted by Gasteiger charge is 2.17. The van der Waals surface area contributed by atoms with Crippen LogP contribution in [0.5, 0.6) is 10.9 Å². The van der Waals surface area contributed by atoms with E-state index in [-0.39, 0.29) is 15.2 Å². The van der Waals surface area contributed by atoms with Crippen LogP contribution in [0.25, 0.3) is 0 Å².